The van der Waals surface area contributed by atoms with Gasteiger partial charge in [0.2, 0.25) is 0 Å². The summed E-state index contributed by atoms with van der Waals surface area (Å²) >= 11 is 0. The Balaban J connectivity index is 2.66. The molecule has 0 spiro atoms. The van der Waals surface area contributed by atoms with Crippen molar-refractivity contribution in [1.82, 2.24) is 10.3 Å². The van der Waals surface area contributed by atoms with Gasteiger partial charge >= 0.3 is 0 Å². The van der Waals surface area contributed by atoms with Gasteiger partial charge in [0.1, 0.15) is 0 Å². The van der Waals surface area contributed by atoms with Crippen molar-refractivity contribution < 1.29 is 4.79 Å². The van der Waals surface area contributed by atoms with E-state index in [0.717, 1.165) is 31.6 Å². The highest BCUT2D eigenvalue weighted by Gasteiger charge is 2.09. The molecule has 1 aromatic heterocycles. The van der Waals surface area contributed by atoms with Crippen molar-refractivity contribution in [3.8, 4) is 0 Å². The minimum absolute atomic E-state index is 0.0579. The Morgan fingerprint density at radius 3 is 2.94 bits per heavy atom. The van der Waals surface area contributed by atoms with E-state index in [1.54, 1.807) is 12.4 Å². The molecule has 16 heavy (non-hydrogen) atoms. The second kappa shape index (κ2) is 6.82. The molecule has 0 aliphatic rings. The fourth-order valence-electron chi connectivity index (χ4n) is 1.39. The van der Waals surface area contributed by atoms with Crippen molar-refractivity contribution in [2.45, 2.75) is 26.7 Å². The predicted octanol–water partition coefficient (Wildman–Crippen LogP) is 2.04. The largest absolute Gasteiger partial charge is 0.385 e. The average molecular weight is 221 g/mol. The molecule has 0 aromatic carbocycles. The van der Waals surface area contributed by atoms with Gasteiger partial charge in [-0.15, -0.1) is 0 Å². The van der Waals surface area contributed by atoms with Gasteiger partial charge in [-0.3, -0.25) is 9.78 Å². The summed E-state index contributed by atoms with van der Waals surface area (Å²) in [5, 5.41) is 6.03. The predicted molar refractivity (Wildman–Crippen MR) is 65.6 cm³/mol. The summed E-state index contributed by atoms with van der Waals surface area (Å²) in [7, 11) is 0. The maximum Gasteiger partial charge on any atom is 0.254 e. The van der Waals surface area contributed by atoms with Crippen LogP contribution in [0.5, 0.6) is 0 Å². The topological polar surface area (TPSA) is 54.0 Å². The van der Waals surface area contributed by atoms with E-state index in [0.29, 0.717) is 5.56 Å². The highest BCUT2D eigenvalue weighted by atomic mass is 16.1. The van der Waals surface area contributed by atoms with E-state index in [1.807, 2.05) is 13.0 Å². The zero-order valence-corrected chi connectivity index (χ0v) is 9.92. The van der Waals surface area contributed by atoms with Crippen molar-refractivity contribution in [3.05, 3.63) is 24.0 Å². The lowest BCUT2D eigenvalue weighted by molar-refractivity contribution is 0.0953. The van der Waals surface area contributed by atoms with Gasteiger partial charge in [-0.2, -0.15) is 0 Å². The maximum absolute atomic E-state index is 11.8. The molecule has 0 bridgehead atoms. The number of nitrogens with one attached hydrogen (secondary N) is 2. The van der Waals surface area contributed by atoms with E-state index in [1.165, 1.54) is 0 Å². The van der Waals surface area contributed by atoms with E-state index in [4.69, 9.17) is 0 Å². The number of unbranched alkanes of at least 4 members (excludes halogenated alkanes) is 1. The molecular formula is C12H19N3O. The molecule has 0 saturated heterocycles. The first kappa shape index (κ1) is 12.5. The molecule has 88 valence electrons. The Morgan fingerprint density at radius 2 is 2.25 bits per heavy atom. The van der Waals surface area contributed by atoms with Crippen molar-refractivity contribution in [2.75, 3.05) is 18.4 Å². The van der Waals surface area contributed by atoms with Crippen LogP contribution in [0.1, 0.15) is 37.0 Å². The van der Waals surface area contributed by atoms with Gasteiger partial charge < -0.3 is 10.6 Å². The second-order valence-electron chi connectivity index (χ2n) is 3.56. The Hall–Kier alpha value is -1.58. The summed E-state index contributed by atoms with van der Waals surface area (Å²) in [5.74, 6) is -0.0579. The quantitative estimate of drug-likeness (QED) is 0.723. The highest BCUT2D eigenvalue weighted by Crippen LogP contribution is 2.12. The van der Waals surface area contributed by atoms with E-state index in [9.17, 15) is 4.79 Å². The van der Waals surface area contributed by atoms with Crippen molar-refractivity contribution in [3.63, 3.8) is 0 Å². The number of carbonyl (C=O) groups excluding carboxylic acids is 1. The molecular weight excluding hydrogens is 202 g/mol. The molecule has 1 heterocycles. The van der Waals surface area contributed by atoms with Crippen LogP contribution in [0, 0.1) is 0 Å². The molecule has 0 unspecified atom stereocenters. The lowest BCUT2D eigenvalue weighted by atomic mass is 10.2. The Bertz CT molecular complexity index is 339. The maximum atomic E-state index is 11.8. The third kappa shape index (κ3) is 3.53. The van der Waals surface area contributed by atoms with Crippen LogP contribution in [0.15, 0.2) is 18.5 Å². The van der Waals surface area contributed by atoms with Crippen LogP contribution < -0.4 is 10.6 Å². The third-order valence-electron chi connectivity index (χ3n) is 2.25. The second-order valence-corrected chi connectivity index (χ2v) is 3.56. The minimum atomic E-state index is -0.0579. The molecule has 1 rings (SSSR count). The lowest BCUT2D eigenvalue weighted by Gasteiger charge is -2.09. The molecule has 4 heteroatoms. The van der Waals surface area contributed by atoms with Crippen molar-refractivity contribution >= 4 is 11.6 Å². The standard InChI is InChI=1S/C12H19N3O/c1-3-5-7-15-12(16)10-9-13-8-6-11(10)14-4-2/h6,8-9H,3-5,7H2,1-2H3,(H,13,14)(H,15,16). The SMILES string of the molecule is CCCCNC(=O)c1cnccc1NCC. The van der Waals surface area contributed by atoms with Crippen LogP contribution >= 0.6 is 0 Å². The summed E-state index contributed by atoms with van der Waals surface area (Å²) in [6, 6.07) is 1.82. The number of carbonyl (C=O) groups is 1. The van der Waals surface area contributed by atoms with Crippen LogP contribution in [-0.2, 0) is 0 Å². The van der Waals surface area contributed by atoms with E-state index >= 15 is 0 Å². The van der Waals surface area contributed by atoms with Crippen molar-refractivity contribution in [2.24, 2.45) is 0 Å². The Kier molecular flexibility index (Phi) is 5.32. The number of hydrogen-bond acceptors (Lipinski definition) is 3. The first-order chi connectivity index (χ1) is 7.79. The molecule has 4 nitrogen and oxygen atoms in total. The number of pyridine rings is 1. The summed E-state index contributed by atoms with van der Waals surface area (Å²) < 4.78 is 0. The number of aromatic nitrogens is 1. The number of rotatable bonds is 6. The van der Waals surface area contributed by atoms with Crippen LogP contribution in [-0.4, -0.2) is 24.0 Å². The number of amides is 1. The van der Waals surface area contributed by atoms with Gasteiger partial charge in [0.25, 0.3) is 5.91 Å². The lowest BCUT2D eigenvalue weighted by Crippen LogP contribution is -2.25. The summed E-state index contributed by atoms with van der Waals surface area (Å²) in [4.78, 5) is 15.8. The third-order valence-corrected chi connectivity index (χ3v) is 2.25. The molecule has 1 aromatic rings. The number of anilines is 1. The van der Waals surface area contributed by atoms with Crippen molar-refractivity contribution in [1.29, 1.82) is 0 Å². The first-order valence-corrected chi connectivity index (χ1v) is 5.75. The molecule has 2 N–H and O–H groups in total. The molecule has 0 saturated carbocycles. The smallest absolute Gasteiger partial charge is 0.254 e. The van der Waals surface area contributed by atoms with Gasteiger partial charge in [0.15, 0.2) is 0 Å². The molecule has 0 fully saturated rings. The Labute approximate surface area is 96.5 Å². The van der Waals surface area contributed by atoms with Crippen LogP contribution in [0.3, 0.4) is 0 Å². The fourth-order valence-corrected chi connectivity index (χ4v) is 1.39. The highest BCUT2D eigenvalue weighted by molar-refractivity contribution is 5.99. The zero-order valence-electron chi connectivity index (χ0n) is 9.92. The van der Waals surface area contributed by atoms with Crippen LogP contribution in [0.25, 0.3) is 0 Å². The van der Waals surface area contributed by atoms with Gasteiger partial charge in [-0.1, -0.05) is 13.3 Å². The van der Waals surface area contributed by atoms with Crippen LogP contribution in [0.2, 0.25) is 0 Å². The van der Waals surface area contributed by atoms with Gasteiger partial charge in [0, 0.05) is 25.5 Å². The van der Waals surface area contributed by atoms with Gasteiger partial charge in [-0.05, 0) is 19.4 Å². The first-order valence-electron chi connectivity index (χ1n) is 5.75. The van der Waals surface area contributed by atoms with E-state index in [-0.39, 0.29) is 5.91 Å². The monoisotopic (exact) mass is 221 g/mol. The summed E-state index contributed by atoms with van der Waals surface area (Å²) in [6.07, 6.45) is 5.36. The normalized spacial score (nSPS) is 9.88. The molecule has 0 radical (unpaired) electrons. The molecule has 1 amide bonds. The van der Waals surface area contributed by atoms with E-state index < -0.39 is 0 Å². The summed E-state index contributed by atoms with van der Waals surface area (Å²) in [6.45, 7) is 5.61. The zero-order chi connectivity index (χ0) is 11.8. The minimum Gasteiger partial charge on any atom is -0.385 e. The average Bonchev–Trinajstić information content (AvgIpc) is 2.30. The van der Waals surface area contributed by atoms with Gasteiger partial charge in [0.05, 0.1) is 11.3 Å². The summed E-state index contributed by atoms with van der Waals surface area (Å²) in [5.41, 5.74) is 1.45. The molecule has 0 aliphatic heterocycles. The fraction of sp³-hybridized carbons (Fsp3) is 0.500. The van der Waals surface area contributed by atoms with E-state index in [2.05, 4.69) is 22.5 Å². The molecule has 0 atom stereocenters. The van der Waals surface area contributed by atoms with Crippen LogP contribution in [0.4, 0.5) is 5.69 Å². The number of nitrogens with zero attached hydrogens (tertiary/aromatic N) is 1. The Morgan fingerprint density at radius 1 is 1.44 bits per heavy atom. The van der Waals surface area contributed by atoms with Gasteiger partial charge in [-0.25, -0.2) is 0 Å². The number of hydrogen-bond donors (Lipinski definition) is 2. The molecule has 0 aliphatic carbocycles.